The molecule has 4 heteroatoms. The van der Waals surface area contributed by atoms with Gasteiger partial charge in [-0.1, -0.05) is 6.07 Å². The standard InChI is InChI=1S/C14H25N3S/c1-12(14-5-4-10-18-14)15-7-9-17-8-6-13(11-17)16(2)3/h4-5,10,12-13,15H,6-9,11H2,1-3H3. The first kappa shape index (κ1) is 14.0. The Morgan fingerprint density at radius 3 is 3.00 bits per heavy atom. The molecule has 1 N–H and O–H groups in total. The molecule has 1 fully saturated rings. The molecule has 1 aliphatic heterocycles. The van der Waals surface area contributed by atoms with Crippen LogP contribution in [0.25, 0.3) is 0 Å². The summed E-state index contributed by atoms with van der Waals surface area (Å²) in [5.74, 6) is 0. The number of hydrogen-bond donors (Lipinski definition) is 1. The molecule has 2 heterocycles. The van der Waals surface area contributed by atoms with Gasteiger partial charge >= 0.3 is 0 Å². The third-order valence-corrected chi connectivity index (χ3v) is 4.88. The molecular formula is C14H25N3S. The minimum absolute atomic E-state index is 0.484. The fraction of sp³-hybridized carbons (Fsp3) is 0.714. The molecule has 18 heavy (non-hydrogen) atoms. The van der Waals surface area contributed by atoms with E-state index in [4.69, 9.17) is 0 Å². The molecule has 1 aliphatic rings. The SMILES string of the molecule is CC(NCCN1CCC(N(C)C)C1)c1cccs1. The van der Waals surface area contributed by atoms with Gasteiger partial charge in [-0.05, 0) is 45.4 Å². The third kappa shape index (κ3) is 3.79. The van der Waals surface area contributed by atoms with E-state index in [-0.39, 0.29) is 0 Å². The molecule has 1 aromatic rings. The van der Waals surface area contributed by atoms with Gasteiger partial charge in [-0.25, -0.2) is 0 Å². The molecule has 2 atom stereocenters. The highest BCUT2D eigenvalue weighted by molar-refractivity contribution is 7.10. The van der Waals surface area contributed by atoms with Crippen LogP contribution < -0.4 is 5.32 Å². The Morgan fingerprint density at radius 1 is 1.56 bits per heavy atom. The van der Waals surface area contributed by atoms with Crippen LogP contribution in [0.1, 0.15) is 24.3 Å². The molecule has 0 spiro atoms. The van der Waals surface area contributed by atoms with Crippen molar-refractivity contribution >= 4 is 11.3 Å². The monoisotopic (exact) mass is 267 g/mol. The Bertz CT molecular complexity index is 337. The van der Waals surface area contributed by atoms with E-state index in [2.05, 4.69) is 53.6 Å². The molecule has 1 aromatic heterocycles. The molecule has 2 rings (SSSR count). The number of nitrogens with zero attached hydrogens (tertiary/aromatic N) is 2. The van der Waals surface area contributed by atoms with Crippen LogP contribution >= 0.6 is 11.3 Å². The zero-order valence-corrected chi connectivity index (χ0v) is 12.5. The lowest BCUT2D eigenvalue weighted by Crippen LogP contribution is -2.35. The van der Waals surface area contributed by atoms with Crippen LogP contribution in [0.4, 0.5) is 0 Å². The van der Waals surface area contributed by atoms with E-state index in [1.165, 1.54) is 30.9 Å². The van der Waals surface area contributed by atoms with Gasteiger partial charge in [0.25, 0.3) is 0 Å². The van der Waals surface area contributed by atoms with Gasteiger partial charge in [0, 0.05) is 36.6 Å². The second-order valence-electron chi connectivity index (χ2n) is 5.40. The molecule has 102 valence electrons. The number of thiophene rings is 1. The van der Waals surface area contributed by atoms with Crippen molar-refractivity contribution < 1.29 is 0 Å². The zero-order chi connectivity index (χ0) is 13.0. The molecule has 0 aliphatic carbocycles. The molecular weight excluding hydrogens is 242 g/mol. The van der Waals surface area contributed by atoms with E-state index >= 15 is 0 Å². The molecule has 0 bridgehead atoms. The number of likely N-dealkylation sites (tertiary alicyclic amines) is 1. The maximum absolute atomic E-state index is 3.61. The molecule has 0 aromatic carbocycles. The highest BCUT2D eigenvalue weighted by Gasteiger charge is 2.23. The van der Waals surface area contributed by atoms with E-state index in [9.17, 15) is 0 Å². The lowest BCUT2D eigenvalue weighted by atomic mass is 10.2. The van der Waals surface area contributed by atoms with Crippen molar-refractivity contribution in [3.8, 4) is 0 Å². The summed E-state index contributed by atoms with van der Waals surface area (Å²) >= 11 is 1.84. The van der Waals surface area contributed by atoms with Crippen molar-refractivity contribution in [2.75, 3.05) is 40.3 Å². The number of hydrogen-bond acceptors (Lipinski definition) is 4. The lowest BCUT2D eigenvalue weighted by Gasteiger charge is -2.21. The summed E-state index contributed by atoms with van der Waals surface area (Å²) in [7, 11) is 4.37. The highest BCUT2D eigenvalue weighted by atomic mass is 32.1. The Hall–Kier alpha value is -0.420. The highest BCUT2D eigenvalue weighted by Crippen LogP contribution is 2.18. The Kier molecular flexibility index (Phi) is 5.18. The first-order chi connectivity index (χ1) is 8.66. The van der Waals surface area contributed by atoms with Crippen molar-refractivity contribution in [3.63, 3.8) is 0 Å². The van der Waals surface area contributed by atoms with Crippen molar-refractivity contribution in [2.45, 2.75) is 25.4 Å². The fourth-order valence-corrected chi connectivity index (χ4v) is 3.27. The lowest BCUT2D eigenvalue weighted by molar-refractivity contribution is 0.267. The molecule has 0 saturated carbocycles. The first-order valence-corrected chi connectivity index (χ1v) is 7.70. The zero-order valence-electron chi connectivity index (χ0n) is 11.7. The number of nitrogens with one attached hydrogen (secondary N) is 1. The maximum atomic E-state index is 3.61. The van der Waals surface area contributed by atoms with E-state index in [0.29, 0.717) is 6.04 Å². The van der Waals surface area contributed by atoms with Gasteiger partial charge in [0.1, 0.15) is 0 Å². The van der Waals surface area contributed by atoms with Crippen molar-refractivity contribution in [1.82, 2.24) is 15.1 Å². The van der Waals surface area contributed by atoms with Gasteiger partial charge in [-0.2, -0.15) is 0 Å². The van der Waals surface area contributed by atoms with E-state index in [0.717, 1.165) is 12.6 Å². The molecule has 0 radical (unpaired) electrons. The van der Waals surface area contributed by atoms with Crippen LogP contribution in [0, 0.1) is 0 Å². The third-order valence-electron chi connectivity index (χ3n) is 3.83. The average molecular weight is 267 g/mol. The van der Waals surface area contributed by atoms with Crippen LogP contribution in [0.5, 0.6) is 0 Å². The second-order valence-corrected chi connectivity index (χ2v) is 6.38. The minimum atomic E-state index is 0.484. The minimum Gasteiger partial charge on any atom is -0.308 e. The van der Waals surface area contributed by atoms with Crippen molar-refractivity contribution in [1.29, 1.82) is 0 Å². The normalized spacial score (nSPS) is 22.8. The van der Waals surface area contributed by atoms with Gasteiger partial charge in [0.05, 0.1) is 0 Å². The van der Waals surface area contributed by atoms with Crippen LogP contribution in [0.2, 0.25) is 0 Å². The van der Waals surface area contributed by atoms with Gasteiger partial charge in [-0.15, -0.1) is 11.3 Å². The van der Waals surface area contributed by atoms with E-state index < -0.39 is 0 Å². The van der Waals surface area contributed by atoms with Crippen LogP contribution in [0.15, 0.2) is 17.5 Å². The Labute approximate surface area is 115 Å². The molecule has 3 nitrogen and oxygen atoms in total. The molecule has 2 unspecified atom stereocenters. The van der Waals surface area contributed by atoms with Crippen LogP contribution in [-0.2, 0) is 0 Å². The Morgan fingerprint density at radius 2 is 2.39 bits per heavy atom. The quantitative estimate of drug-likeness (QED) is 0.851. The van der Waals surface area contributed by atoms with E-state index in [1.54, 1.807) is 0 Å². The summed E-state index contributed by atoms with van der Waals surface area (Å²) in [4.78, 5) is 6.35. The smallest absolute Gasteiger partial charge is 0.0386 e. The summed E-state index contributed by atoms with van der Waals surface area (Å²) in [6.45, 7) is 6.97. The number of likely N-dealkylation sites (N-methyl/N-ethyl adjacent to an activating group) is 1. The van der Waals surface area contributed by atoms with Gasteiger partial charge in [0.15, 0.2) is 0 Å². The van der Waals surface area contributed by atoms with Gasteiger partial charge in [0.2, 0.25) is 0 Å². The molecule has 0 amide bonds. The maximum Gasteiger partial charge on any atom is 0.0386 e. The van der Waals surface area contributed by atoms with Gasteiger partial charge < -0.3 is 15.1 Å². The first-order valence-electron chi connectivity index (χ1n) is 6.82. The summed E-state index contributed by atoms with van der Waals surface area (Å²) in [6.07, 6.45) is 1.31. The van der Waals surface area contributed by atoms with Crippen molar-refractivity contribution in [2.24, 2.45) is 0 Å². The predicted molar refractivity (Wildman–Crippen MR) is 79.3 cm³/mol. The summed E-state index contributed by atoms with van der Waals surface area (Å²) in [5, 5.41) is 5.76. The van der Waals surface area contributed by atoms with Crippen LogP contribution in [-0.4, -0.2) is 56.1 Å². The largest absolute Gasteiger partial charge is 0.308 e. The summed E-state index contributed by atoms with van der Waals surface area (Å²) in [6, 6.07) is 5.57. The van der Waals surface area contributed by atoms with Crippen LogP contribution in [0.3, 0.4) is 0 Å². The van der Waals surface area contributed by atoms with Gasteiger partial charge in [-0.3, -0.25) is 0 Å². The summed E-state index contributed by atoms with van der Waals surface area (Å²) < 4.78 is 0. The Balaban J connectivity index is 1.64. The predicted octanol–water partition coefficient (Wildman–Crippen LogP) is 2.03. The summed E-state index contributed by atoms with van der Waals surface area (Å²) in [5.41, 5.74) is 0. The second kappa shape index (κ2) is 6.66. The average Bonchev–Trinajstić information content (AvgIpc) is 3.00. The van der Waals surface area contributed by atoms with E-state index in [1.807, 2.05) is 11.3 Å². The number of rotatable bonds is 6. The molecule has 1 saturated heterocycles. The van der Waals surface area contributed by atoms with Crippen molar-refractivity contribution in [3.05, 3.63) is 22.4 Å². The topological polar surface area (TPSA) is 18.5 Å². The fourth-order valence-electron chi connectivity index (χ4n) is 2.51.